The Hall–Kier alpha value is -1.22. The van der Waals surface area contributed by atoms with Gasteiger partial charge in [0.1, 0.15) is 5.82 Å². The summed E-state index contributed by atoms with van der Waals surface area (Å²) in [6, 6.07) is 4.34. The van der Waals surface area contributed by atoms with Gasteiger partial charge >= 0.3 is 0 Å². The summed E-state index contributed by atoms with van der Waals surface area (Å²) in [6.45, 7) is 3.68. The van der Waals surface area contributed by atoms with E-state index >= 15 is 0 Å². The highest BCUT2D eigenvalue weighted by molar-refractivity contribution is 5.85. The second-order valence-corrected chi connectivity index (χ2v) is 3.72. The van der Waals surface area contributed by atoms with Crippen molar-refractivity contribution in [3.05, 3.63) is 35.1 Å². The van der Waals surface area contributed by atoms with E-state index in [2.05, 4.69) is 5.32 Å². The molecule has 1 rings (SSSR count). The maximum atomic E-state index is 13.0. The van der Waals surface area contributed by atoms with Crippen molar-refractivity contribution in [2.24, 2.45) is 0 Å². The molecule has 0 fully saturated rings. The smallest absolute Gasteiger partial charge is 0.153 e. The fourth-order valence-electron chi connectivity index (χ4n) is 1.33. The number of halogens is 1. The Balaban J connectivity index is 2.80. The van der Waals surface area contributed by atoms with Gasteiger partial charge in [-0.1, -0.05) is 6.07 Å². The summed E-state index contributed by atoms with van der Waals surface area (Å²) in [7, 11) is 1.74. The number of rotatable bonds is 4. The van der Waals surface area contributed by atoms with E-state index in [-0.39, 0.29) is 24.1 Å². The Morgan fingerprint density at radius 3 is 2.80 bits per heavy atom. The minimum absolute atomic E-state index is 0.0752. The van der Waals surface area contributed by atoms with Crippen LogP contribution in [0, 0.1) is 12.7 Å². The van der Waals surface area contributed by atoms with Crippen LogP contribution in [0.1, 0.15) is 18.1 Å². The third-order valence-electron chi connectivity index (χ3n) is 2.59. The van der Waals surface area contributed by atoms with Crippen LogP contribution in [0.4, 0.5) is 4.39 Å². The molecule has 82 valence electrons. The van der Waals surface area contributed by atoms with E-state index in [9.17, 15) is 9.18 Å². The zero-order chi connectivity index (χ0) is 11.4. The van der Waals surface area contributed by atoms with E-state index in [1.54, 1.807) is 20.0 Å². The van der Waals surface area contributed by atoms with Crippen molar-refractivity contribution in [1.82, 2.24) is 5.32 Å². The van der Waals surface area contributed by atoms with Crippen molar-refractivity contribution in [3.8, 4) is 0 Å². The molecule has 3 heteroatoms. The van der Waals surface area contributed by atoms with Gasteiger partial charge < -0.3 is 5.32 Å². The van der Waals surface area contributed by atoms with Crippen LogP contribution in [0.15, 0.2) is 18.2 Å². The first-order valence-electron chi connectivity index (χ1n) is 4.99. The fraction of sp³-hybridized carbons (Fsp3) is 0.417. The minimum Gasteiger partial charge on any atom is -0.311 e. The molecule has 0 spiro atoms. The van der Waals surface area contributed by atoms with Gasteiger partial charge in [-0.3, -0.25) is 4.79 Å². The van der Waals surface area contributed by atoms with Crippen molar-refractivity contribution >= 4 is 5.78 Å². The zero-order valence-corrected chi connectivity index (χ0v) is 9.30. The second kappa shape index (κ2) is 5.03. The Morgan fingerprint density at radius 2 is 2.20 bits per heavy atom. The number of carbonyl (C=O) groups is 1. The Morgan fingerprint density at radius 1 is 1.53 bits per heavy atom. The number of aryl methyl sites for hydroxylation is 1. The summed E-state index contributed by atoms with van der Waals surface area (Å²) >= 11 is 0. The van der Waals surface area contributed by atoms with Gasteiger partial charge in [-0.05, 0) is 44.2 Å². The molecule has 0 amide bonds. The normalized spacial score (nSPS) is 12.5. The van der Waals surface area contributed by atoms with Gasteiger partial charge in [0.05, 0.1) is 6.04 Å². The number of hydrogen-bond donors (Lipinski definition) is 1. The van der Waals surface area contributed by atoms with E-state index in [0.717, 1.165) is 11.1 Å². The van der Waals surface area contributed by atoms with Gasteiger partial charge in [-0.25, -0.2) is 4.39 Å². The molecule has 1 atom stereocenters. The van der Waals surface area contributed by atoms with Gasteiger partial charge in [0.2, 0.25) is 0 Å². The minimum atomic E-state index is -0.291. The third kappa shape index (κ3) is 3.13. The first kappa shape index (κ1) is 11.9. The fourth-order valence-corrected chi connectivity index (χ4v) is 1.33. The highest BCUT2D eigenvalue weighted by atomic mass is 19.1. The molecule has 0 radical (unpaired) electrons. The van der Waals surface area contributed by atoms with Crippen LogP contribution in [0.5, 0.6) is 0 Å². The van der Waals surface area contributed by atoms with E-state index < -0.39 is 0 Å². The average molecular weight is 209 g/mol. The molecule has 0 aromatic heterocycles. The van der Waals surface area contributed by atoms with Crippen LogP contribution >= 0.6 is 0 Å². The lowest BCUT2D eigenvalue weighted by Gasteiger charge is -2.10. The lowest BCUT2D eigenvalue weighted by atomic mass is 10.0. The number of carbonyl (C=O) groups excluding carboxylic acids is 1. The molecule has 0 bridgehead atoms. The highest BCUT2D eigenvalue weighted by Gasteiger charge is 2.12. The van der Waals surface area contributed by atoms with Crippen LogP contribution in [0.25, 0.3) is 0 Å². The molecule has 15 heavy (non-hydrogen) atoms. The maximum absolute atomic E-state index is 13.0. The lowest BCUT2D eigenvalue weighted by Crippen LogP contribution is -2.32. The van der Waals surface area contributed by atoms with E-state index in [1.165, 1.54) is 12.1 Å². The number of benzene rings is 1. The molecule has 1 N–H and O–H groups in total. The highest BCUT2D eigenvalue weighted by Crippen LogP contribution is 2.11. The predicted molar refractivity (Wildman–Crippen MR) is 58.4 cm³/mol. The van der Waals surface area contributed by atoms with Gasteiger partial charge in [0.15, 0.2) is 5.78 Å². The lowest BCUT2D eigenvalue weighted by molar-refractivity contribution is -0.119. The summed E-state index contributed by atoms with van der Waals surface area (Å²) in [5.74, 6) is -0.216. The quantitative estimate of drug-likeness (QED) is 0.820. The van der Waals surface area contributed by atoms with Crippen molar-refractivity contribution < 1.29 is 9.18 Å². The second-order valence-electron chi connectivity index (χ2n) is 3.72. The van der Waals surface area contributed by atoms with Gasteiger partial charge in [0.25, 0.3) is 0 Å². The van der Waals surface area contributed by atoms with Crippen LogP contribution in [-0.2, 0) is 11.2 Å². The molecule has 0 saturated carbocycles. The zero-order valence-electron chi connectivity index (χ0n) is 9.30. The Bertz CT molecular complexity index is 363. The molecule has 1 unspecified atom stereocenters. The summed E-state index contributed by atoms with van der Waals surface area (Å²) in [4.78, 5) is 11.6. The van der Waals surface area contributed by atoms with E-state index in [0.29, 0.717) is 0 Å². The molecule has 1 aromatic rings. The van der Waals surface area contributed by atoms with Crippen molar-refractivity contribution in [3.63, 3.8) is 0 Å². The largest absolute Gasteiger partial charge is 0.311 e. The molecule has 0 aliphatic carbocycles. The first-order valence-corrected chi connectivity index (χ1v) is 4.99. The van der Waals surface area contributed by atoms with Crippen molar-refractivity contribution in [2.45, 2.75) is 26.3 Å². The van der Waals surface area contributed by atoms with Crippen LogP contribution < -0.4 is 5.32 Å². The van der Waals surface area contributed by atoms with E-state index in [4.69, 9.17) is 0 Å². The molecular weight excluding hydrogens is 193 g/mol. The van der Waals surface area contributed by atoms with E-state index in [1.807, 2.05) is 6.92 Å². The van der Waals surface area contributed by atoms with Gasteiger partial charge in [-0.2, -0.15) is 0 Å². The molecular formula is C12H16FNO. The van der Waals surface area contributed by atoms with Crippen molar-refractivity contribution in [1.29, 1.82) is 0 Å². The summed E-state index contributed by atoms with van der Waals surface area (Å²) in [5.41, 5.74) is 1.72. The third-order valence-corrected chi connectivity index (χ3v) is 2.59. The summed E-state index contributed by atoms with van der Waals surface area (Å²) in [6.07, 6.45) is 0.283. The van der Waals surface area contributed by atoms with Crippen LogP contribution in [0.3, 0.4) is 0 Å². The number of hydrogen-bond acceptors (Lipinski definition) is 2. The molecule has 0 aliphatic heterocycles. The molecule has 1 aromatic carbocycles. The summed E-state index contributed by atoms with van der Waals surface area (Å²) in [5, 5.41) is 2.88. The van der Waals surface area contributed by atoms with Crippen molar-refractivity contribution in [2.75, 3.05) is 7.05 Å². The predicted octanol–water partition coefficient (Wildman–Crippen LogP) is 1.85. The van der Waals surface area contributed by atoms with Gasteiger partial charge in [0, 0.05) is 6.42 Å². The number of Topliss-reactive ketones (excluding diaryl/α,β-unsaturated/α-hetero) is 1. The van der Waals surface area contributed by atoms with Gasteiger partial charge in [-0.15, -0.1) is 0 Å². The molecule has 0 saturated heterocycles. The molecule has 0 heterocycles. The molecule has 0 aliphatic rings. The number of likely N-dealkylation sites (N-methyl/N-ethyl adjacent to an activating group) is 1. The average Bonchev–Trinajstić information content (AvgIpc) is 2.22. The van der Waals surface area contributed by atoms with Crippen LogP contribution in [-0.4, -0.2) is 18.9 Å². The standard InChI is InChI=1S/C12H16FNO/c1-8-4-5-11(13)6-10(8)7-12(15)9(2)14-3/h4-6,9,14H,7H2,1-3H3. The molecule has 2 nitrogen and oxygen atoms in total. The number of nitrogens with one attached hydrogen (secondary N) is 1. The monoisotopic (exact) mass is 209 g/mol. The van der Waals surface area contributed by atoms with Crippen LogP contribution in [0.2, 0.25) is 0 Å². The SMILES string of the molecule is CNC(C)C(=O)Cc1cc(F)ccc1C. The topological polar surface area (TPSA) is 29.1 Å². The Labute approximate surface area is 89.5 Å². The first-order chi connectivity index (χ1) is 7.04. The summed E-state index contributed by atoms with van der Waals surface area (Å²) < 4.78 is 13.0. The maximum Gasteiger partial charge on any atom is 0.153 e. The Kier molecular flexibility index (Phi) is 3.97. The number of ketones is 1.